The summed E-state index contributed by atoms with van der Waals surface area (Å²) in [7, 11) is 0. The SMILES string of the molecule is C#CCCCC(NCCC)C(C)c1ccccc1. The van der Waals surface area contributed by atoms with E-state index in [-0.39, 0.29) is 0 Å². The highest BCUT2D eigenvalue weighted by molar-refractivity contribution is 5.20. The predicted molar refractivity (Wildman–Crippen MR) is 79.6 cm³/mol. The molecule has 1 aromatic rings. The maximum absolute atomic E-state index is 5.33. The molecule has 0 aromatic heterocycles. The van der Waals surface area contributed by atoms with Gasteiger partial charge < -0.3 is 5.32 Å². The van der Waals surface area contributed by atoms with Gasteiger partial charge in [0, 0.05) is 12.5 Å². The molecule has 0 bridgehead atoms. The summed E-state index contributed by atoms with van der Waals surface area (Å²) in [6, 6.07) is 11.3. The number of rotatable bonds is 8. The second kappa shape index (κ2) is 8.78. The van der Waals surface area contributed by atoms with Crippen LogP contribution in [0.15, 0.2) is 30.3 Å². The molecule has 1 nitrogen and oxygen atoms in total. The van der Waals surface area contributed by atoms with Crippen LogP contribution in [-0.4, -0.2) is 12.6 Å². The summed E-state index contributed by atoms with van der Waals surface area (Å²) in [5.41, 5.74) is 1.41. The Labute approximate surface area is 112 Å². The summed E-state index contributed by atoms with van der Waals surface area (Å²) in [4.78, 5) is 0. The van der Waals surface area contributed by atoms with E-state index in [2.05, 4.69) is 55.4 Å². The second-order valence-corrected chi connectivity index (χ2v) is 4.86. The quantitative estimate of drug-likeness (QED) is 0.538. The van der Waals surface area contributed by atoms with E-state index in [9.17, 15) is 0 Å². The molecule has 1 aromatic carbocycles. The van der Waals surface area contributed by atoms with E-state index < -0.39 is 0 Å². The fraction of sp³-hybridized carbons (Fsp3) is 0.529. The fourth-order valence-corrected chi connectivity index (χ4v) is 2.27. The van der Waals surface area contributed by atoms with Gasteiger partial charge in [0.15, 0.2) is 0 Å². The van der Waals surface area contributed by atoms with Crippen molar-refractivity contribution in [3.05, 3.63) is 35.9 Å². The molecular formula is C17H25N. The van der Waals surface area contributed by atoms with E-state index in [1.807, 2.05) is 0 Å². The van der Waals surface area contributed by atoms with Gasteiger partial charge in [-0.2, -0.15) is 0 Å². The van der Waals surface area contributed by atoms with Gasteiger partial charge in [0.05, 0.1) is 0 Å². The van der Waals surface area contributed by atoms with Crippen molar-refractivity contribution in [3.8, 4) is 12.3 Å². The van der Waals surface area contributed by atoms with Gasteiger partial charge >= 0.3 is 0 Å². The maximum Gasteiger partial charge on any atom is 0.0133 e. The molecule has 0 heterocycles. The molecule has 0 saturated heterocycles. The van der Waals surface area contributed by atoms with Gasteiger partial charge in [0.1, 0.15) is 0 Å². The zero-order valence-corrected chi connectivity index (χ0v) is 11.7. The van der Waals surface area contributed by atoms with Crippen LogP contribution in [0, 0.1) is 12.3 Å². The topological polar surface area (TPSA) is 12.0 Å². The van der Waals surface area contributed by atoms with Gasteiger partial charge in [-0.25, -0.2) is 0 Å². The zero-order valence-electron chi connectivity index (χ0n) is 11.7. The van der Waals surface area contributed by atoms with Gasteiger partial charge in [-0.1, -0.05) is 44.2 Å². The average Bonchev–Trinajstić information content (AvgIpc) is 2.43. The van der Waals surface area contributed by atoms with Crippen LogP contribution in [0.1, 0.15) is 51.0 Å². The first-order valence-electron chi connectivity index (χ1n) is 7.01. The third-order valence-corrected chi connectivity index (χ3v) is 3.42. The number of hydrogen-bond acceptors (Lipinski definition) is 1. The van der Waals surface area contributed by atoms with Crippen molar-refractivity contribution < 1.29 is 0 Å². The Hall–Kier alpha value is -1.26. The molecule has 98 valence electrons. The van der Waals surface area contributed by atoms with Crippen LogP contribution in [0.5, 0.6) is 0 Å². The van der Waals surface area contributed by atoms with Gasteiger partial charge in [0.25, 0.3) is 0 Å². The first kappa shape index (κ1) is 14.8. The van der Waals surface area contributed by atoms with Crippen molar-refractivity contribution in [2.24, 2.45) is 0 Å². The highest BCUT2D eigenvalue weighted by Crippen LogP contribution is 2.22. The summed E-state index contributed by atoms with van der Waals surface area (Å²) in [6.45, 7) is 5.59. The van der Waals surface area contributed by atoms with Gasteiger partial charge in [0.2, 0.25) is 0 Å². The molecule has 1 rings (SSSR count). The highest BCUT2D eigenvalue weighted by atomic mass is 14.9. The van der Waals surface area contributed by atoms with Crippen molar-refractivity contribution in [3.63, 3.8) is 0 Å². The molecule has 18 heavy (non-hydrogen) atoms. The summed E-state index contributed by atoms with van der Waals surface area (Å²) >= 11 is 0. The lowest BCUT2D eigenvalue weighted by molar-refractivity contribution is 0.416. The number of benzene rings is 1. The van der Waals surface area contributed by atoms with E-state index in [0.717, 1.165) is 25.8 Å². The van der Waals surface area contributed by atoms with E-state index >= 15 is 0 Å². The summed E-state index contributed by atoms with van der Waals surface area (Å²) in [5, 5.41) is 3.66. The Kier molecular flexibility index (Phi) is 7.22. The molecule has 0 saturated carbocycles. The van der Waals surface area contributed by atoms with Crippen LogP contribution in [0.3, 0.4) is 0 Å². The number of terminal acetylenes is 1. The monoisotopic (exact) mass is 243 g/mol. The van der Waals surface area contributed by atoms with Crippen LogP contribution in [0.25, 0.3) is 0 Å². The first-order chi connectivity index (χ1) is 8.79. The summed E-state index contributed by atoms with van der Waals surface area (Å²) < 4.78 is 0. The molecule has 0 aliphatic rings. The van der Waals surface area contributed by atoms with Crippen LogP contribution in [0.2, 0.25) is 0 Å². The average molecular weight is 243 g/mol. The molecule has 0 fully saturated rings. The first-order valence-corrected chi connectivity index (χ1v) is 7.01. The largest absolute Gasteiger partial charge is 0.313 e. The Morgan fingerprint density at radius 1 is 1.28 bits per heavy atom. The number of unbranched alkanes of at least 4 members (excludes halogenated alkanes) is 1. The van der Waals surface area contributed by atoms with Crippen molar-refractivity contribution in [2.75, 3.05) is 6.54 Å². The minimum Gasteiger partial charge on any atom is -0.313 e. The molecule has 1 N–H and O–H groups in total. The second-order valence-electron chi connectivity index (χ2n) is 4.86. The lowest BCUT2D eigenvalue weighted by atomic mass is 9.90. The van der Waals surface area contributed by atoms with Crippen LogP contribution >= 0.6 is 0 Å². The molecule has 1 heteroatoms. The zero-order chi connectivity index (χ0) is 13.2. The van der Waals surface area contributed by atoms with Crippen molar-refractivity contribution >= 4 is 0 Å². The van der Waals surface area contributed by atoms with Gasteiger partial charge in [-0.05, 0) is 37.3 Å². The minimum atomic E-state index is 0.528. The van der Waals surface area contributed by atoms with Crippen LogP contribution < -0.4 is 5.32 Å². The standard InChI is InChI=1S/C17H25N/c1-4-6-8-13-17(18-14-5-2)15(3)16-11-9-7-10-12-16/h1,7,9-12,15,17-18H,5-6,8,13-14H2,2-3H3. The molecule has 0 aliphatic carbocycles. The van der Waals surface area contributed by atoms with Crippen molar-refractivity contribution in [1.82, 2.24) is 5.32 Å². The Bertz CT molecular complexity index is 350. The lowest BCUT2D eigenvalue weighted by Gasteiger charge is -2.25. The smallest absolute Gasteiger partial charge is 0.0133 e. The highest BCUT2D eigenvalue weighted by Gasteiger charge is 2.17. The Balaban J connectivity index is 2.60. The fourth-order valence-electron chi connectivity index (χ4n) is 2.27. The Morgan fingerprint density at radius 3 is 2.61 bits per heavy atom. The molecule has 2 unspecified atom stereocenters. The number of hydrogen-bond donors (Lipinski definition) is 1. The van der Waals surface area contributed by atoms with E-state index in [0.29, 0.717) is 12.0 Å². The van der Waals surface area contributed by atoms with E-state index in [1.165, 1.54) is 12.0 Å². The van der Waals surface area contributed by atoms with Crippen molar-refractivity contribution in [2.45, 2.75) is 51.5 Å². The molecule has 0 amide bonds. The van der Waals surface area contributed by atoms with Crippen LogP contribution in [-0.2, 0) is 0 Å². The molecular weight excluding hydrogens is 218 g/mol. The molecule has 0 spiro atoms. The maximum atomic E-state index is 5.33. The van der Waals surface area contributed by atoms with Gasteiger partial charge in [-0.15, -0.1) is 12.3 Å². The Morgan fingerprint density at radius 2 is 2.00 bits per heavy atom. The van der Waals surface area contributed by atoms with E-state index in [4.69, 9.17) is 6.42 Å². The molecule has 2 atom stereocenters. The third kappa shape index (κ3) is 4.94. The van der Waals surface area contributed by atoms with Crippen LogP contribution in [0.4, 0.5) is 0 Å². The molecule has 0 radical (unpaired) electrons. The third-order valence-electron chi connectivity index (χ3n) is 3.42. The normalized spacial score (nSPS) is 13.8. The molecule has 0 aliphatic heterocycles. The van der Waals surface area contributed by atoms with E-state index in [1.54, 1.807) is 0 Å². The summed E-state index contributed by atoms with van der Waals surface area (Å²) in [6.07, 6.45) is 9.65. The number of nitrogens with one attached hydrogen (secondary N) is 1. The van der Waals surface area contributed by atoms with Crippen molar-refractivity contribution in [1.29, 1.82) is 0 Å². The predicted octanol–water partition coefficient (Wildman–Crippen LogP) is 3.96. The van der Waals surface area contributed by atoms with Gasteiger partial charge in [-0.3, -0.25) is 0 Å². The lowest BCUT2D eigenvalue weighted by Crippen LogP contribution is -2.34. The minimum absolute atomic E-state index is 0.528. The summed E-state index contributed by atoms with van der Waals surface area (Å²) in [5.74, 6) is 3.27.